The Bertz CT molecular complexity index is 1500. The lowest BCUT2D eigenvalue weighted by atomic mass is 9.95. The van der Waals surface area contributed by atoms with Crippen LogP contribution in [-0.2, 0) is 9.53 Å². The normalized spacial score (nSPS) is 15.6. The maximum Gasteiger partial charge on any atom is 0.338 e. The minimum Gasteiger partial charge on any atom is -0.503 e. The van der Waals surface area contributed by atoms with Gasteiger partial charge in [-0.05, 0) is 73.0 Å². The molecular formula is C26H25BrN2O5S. The van der Waals surface area contributed by atoms with Gasteiger partial charge in [0.25, 0.3) is 5.56 Å². The maximum atomic E-state index is 13.7. The standard InChI is InChI=1S/C26H25BrN2O5S/c1-5-33-19-12-16(11-18(27)23(19)30)13-20-24(31)29-22(17-9-7-14(3)8-10-17)21(25(32)34-6-2)15(4)28-26(29)35-20/h7-13,22,30H,5-6H2,1-4H3/b20-13-/t22-/m1/s1. The number of aryl methyl sites for hydroxylation is 1. The van der Waals surface area contributed by atoms with Gasteiger partial charge in [0.1, 0.15) is 0 Å². The summed E-state index contributed by atoms with van der Waals surface area (Å²) in [6.45, 7) is 7.92. The number of benzene rings is 2. The summed E-state index contributed by atoms with van der Waals surface area (Å²) in [5.41, 5.74) is 3.15. The minimum atomic E-state index is -0.654. The van der Waals surface area contributed by atoms with Gasteiger partial charge >= 0.3 is 5.97 Å². The molecule has 35 heavy (non-hydrogen) atoms. The Kier molecular flexibility index (Phi) is 7.28. The highest BCUT2D eigenvalue weighted by Gasteiger charge is 2.33. The van der Waals surface area contributed by atoms with E-state index in [9.17, 15) is 14.7 Å². The van der Waals surface area contributed by atoms with Gasteiger partial charge in [-0.2, -0.15) is 0 Å². The summed E-state index contributed by atoms with van der Waals surface area (Å²) in [6, 6.07) is 10.5. The van der Waals surface area contributed by atoms with Gasteiger partial charge in [-0.1, -0.05) is 41.2 Å². The highest BCUT2D eigenvalue weighted by molar-refractivity contribution is 9.10. The van der Waals surface area contributed by atoms with E-state index in [0.717, 1.165) is 11.1 Å². The molecule has 0 aliphatic carbocycles. The fourth-order valence-electron chi connectivity index (χ4n) is 3.95. The first-order valence-corrected chi connectivity index (χ1v) is 12.8. The number of allylic oxidation sites excluding steroid dienone is 1. The summed E-state index contributed by atoms with van der Waals surface area (Å²) >= 11 is 4.58. The zero-order valence-electron chi connectivity index (χ0n) is 19.8. The quantitative estimate of drug-likeness (QED) is 0.464. The van der Waals surface area contributed by atoms with Gasteiger partial charge in [-0.3, -0.25) is 9.36 Å². The Morgan fingerprint density at radius 1 is 1.20 bits per heavy atom. The van der Waals surface area contributed by atoms with Crippen molar-refractivity contribution in [3.05, 3.63) is 88.5 Å². The molecule has 2 aromatic carbocycles. The molecule has 3 aromatic rings. The van der Waals surface area contributed by atoms with E-state index in [2.05, 4.69) is 20.9 Å². The Hall–Kier alpha value is -3.17. The average Bonchev–Trinajstić information content (AvgIpc) is 3.11. The molecule has 0 saturated carbocycles. The van der Waals surface area contributed by atoms with Crippen molar-refractivity contribution >= 4 is 39.3 Å². The molecule has 0 spiro atoms. The number of carbonyl (C=O) groups excluding carboxylic acids is 1. The van der Waals surface area contributed by atoms with E-state index in [1.54, 1.807) is 36.6 Å². The van der Waals surface area contributed by atoms with Crippen LogP contribution in [0.2, 0.25) is 0 Å². The smallest absolute Gasteiger partial charge is 0.338 e. The fourth-order valence-corrected chi connectivity index (χ4v) is 5.46. The van der Waals surface area contributed by atoms with Crippen LogP contribution in [0.3, 0.4) is 0 Å². The van der Waals surface area contributed by atoms with Crippen LogP contribution >= 0.6 is 27.3 Å². The zero-order valence-corrected chi connectivity index (χ0v) is 22.2. The van der Waals surface area contributed by atoms with E-state index in [1.807, 2.05) is 38.1 Å². The fraction of sp³-hybridized carbons (Fsp3) is 0.269. The lowest BCUT2D eigenvalue weighted by Gasteiger charge is -2.24. The molecule has 4 rings (SSSR count). The Labute approximate surface area is 214 Å². The highest BCUT2D eigenvalue weighted by Crippen LogP contribution is 2.36. The molecule has 7 nitrogen and oxygen atoms in total. The maximum absolute atomic E-state index is 13.7. The van der Waals surface area contributed by atoms with Crippen molar-refractivity contribution in [3.63, 3.8) is 0 Å². The third-order valence-electron chi connectivity index (χ3n) is 5.56. The molecule has 0 bridgehead atoms. The number of aromatic nitrogens is 1. The summed E-state index contributed by atoms with van der Waals surface area (Å²) in [4.78, 5) is 31.7. The van der Waals surface area contributed by atoms with Crippen LogP contribution in [0.15, 0.2) is 61.9 Å². The first-order chi connectivity index (χ1) is 16.7. The van der Waals surface area contributed by atoms with E-state index in [0.29, 0.717) is 43.0 Å². The highest BCUT2D eigenvalue weighted by atomic mass is 79.9. The monoisotopic (exact) mass is 556 g/mol. The van der Waals surface area contributed by atoms with E-state index in [4.69, 9.17) is 9.47 Å². The second-order valence-corrected chi connectivity index (χ2v) is 9.86. The predicted molar refractivity (Wildman–Crippen MR) is 139 cm³/mol. The Morgan fingerprint density at radius 3 is 2.57 bits per heavy atom. The van der Waals surface area contributed by atoms with Gasteiger partial charge in [-0.15, -0.1) is 0 Å². The van der Waals surface area contributed by atoms with E-state index in [-0.39, 0.29) is 17.9 Å². The number of hydrogen-bond donors (Lipinski definition) is 1. The number of halogens is 1. The predicted octanol–water partition coefficient (Wildman–Crippen LogP) is 3.97. The van der Waals surface area contributed by atoms with Crippen molar-refractivity contribution in [3.8, 4) is 11.5 Å². The molecule has 9 heteroatoms. The number of rotatable bonds is 6. The van der Waals surface area contributed by atoms with Crippen LogP contribution < -0.4 is 19.6 Å². The molecule has 0 amide bonds. The van der Waals surface area contributed by atoms with Gasteiger partial charge in [0.05, 0.1) is 39.5 Å². The zero-order chi connectivity index (χ0) is 25.3. The summed E-state index contributed by atoms with van der Waals surface area (Å²) in [5.74, 6) is -0.171. The topological polar surface area (TPSA) is 90.1 Å². The van der Waals surface area contributed by atoms with E-state index in [1.165, 1.54) is 11.3 Å². The SMILES string of the molecule is CCOC(=O)C1=C(C)N=c2s/c(=C\c3cc(Br)c(O)c(OCC)c3)c(=O)n2[C@@H]1c1ccc(C)cc1. The molecular weight excluding hydrogens is 532 g/mol. The number of phenolic OH excluding ortho intramolecular Hbond substituents is 1. The third kappa shape index (κ3) is 4.83. The molecule has 0 radical (unpaired) electrons. The number of aromatic hydroxyl groups is 1. The summed E-state index contributed by atoms with van der Waals surface area (Å²) in [5, 5.41) is 10.2. The second kappa shape index (κ2) is 10.2. The van der Waals surface area contributed by atoms with Crippen molar-refractivity contribution < 1.29 is 19.4 Å². The largest absolute Gasteiger partial charge is 0.503 e. The minimum absolute atomic E-state index is 0.000431. The number of phenols is 1. The first-order valence-electron chi connectivity index (χ1n) is 11.2. The van der Waals surface area contributed by atoms with E-state index >= 15 is 0 Å². The van der Waals surface area contributed by atoms with Crippen LogP contribution in [0, 0.1) is 6.92 Å². The van der Waals surface area contributed by atoms with Crippen molar-refractivity contribution in [2.24, 2.45) is 4.99 Å². The van der Waals surface area contributed by atoms with Gasteiger partial charge in [0.2, 0.25) is 0 Å². The molecule has 0 saturated heterocycles. The third-order valence-corrected chi connectivity index (χ3v) is 7.15. The van der Waals surface area contributed by atoms with E-state index < -0.39 is 12.0 Å². The number of nitrogens with zero attached hydrogens (tertiary/aromatic N) is 2. The van der Waals surface area contributed by atoms with Crippen LogP contribution in [0.25, 0.3) is 6.08 Å². The number of fused-ring (bicyclic) bond motifs is 1. The second-order valence-electron chi connectivity index (χ2n) is 8.00. The Balaban J connectivity index is 1.93. The molecule has 1 atom stereocenters. The average molecular weight is 557 g/mol. The summed E-state index contributed by atoms with van der Waals surface area (Å²) in [7, 11) is 0. The van der Waals surface area contributed by atoms with Crippen molar-refractivity contribution in [2.45, 2.75) is 33.7 Å². The number of carbonyl (C=O) groups is 1. The number of esters is 1. The number of ether oxygens (including phenoxy) is 2. The summed E-state index contributed by atoms with van der Waals surface area (Å²) < 4.78 is 13.3. The first kappa shape index (κ1) is 24.9. The molecule has 182 valence electrons. The lowest BCUT2D eigenvalue weighted by molar-refractivity contribution is -0.139. The van der Waals surface area contributed by atoms with Gasteiger partial charge in [0, 0.05) is 0 Å². The van der Waals surface area contributed by atoms with Crippen LogP contribution in [0.4, 0.5) is 0 Å². The van der Waals surface area contributed by atoms with Gasteiger partial charge in [0.15, 0.2) is 16.3 Å². The van der Waals surface area contributed by atoms with Crippen molar-refractivity contribution in [1.29, 1.82) is 0 Å². The number of thiazole rings is 1. The van der Waals surface area contributed by atoms with Crippen LogP contribution in [0.5, 0.6) is 11.5 Å². The molecule has 1 aromatic heterocycles. The summed E-state index contributed by atoms with van der Waals surface area (Å²) in [6.07, 6.45) is 1.73. The number of hydrogen-bond acceptors (Lipinski definition) is 7. The Morgan fingerprint density at radius 2 is 1.91 bits per heavy atom. The molecule has 1 aliphatic heterocycles. The molecule has 0 fully saturated rings. The van der Waals surface area contributed by atoms with Gasteiger partial charge in [-0.25, -0.2) is 9.79 Å². The molecule has 0 unspecified atom stereocenters. The molecule has 1 N–H and O–H groups in total. The lowest BCUT2D eigenvalue weighted by Crippen LogP contribution is -2.39. The molecule has 1 aliphatic rings. The van der Waals surface area contributed by atoms with Crippen molar-refractivity contribution in [2.75, 3.05) is 13.2 Å². The van der Waals surface area contributed by atoms with Gasteiger partial charge < -0.3 is 14.6 Å². The van der Waals surface area contributed by atoms with Crippen molar-refractivity contribution in [1.82, 2.24) is 4.57 Å². The van der Waals surface area contributed by atoms with Crippen LogP contribution in [0.1, 0.15) is 43.5 Å². The van der Waals surface area contributed by atoms with Crippen LogP contribution in [-0.4, -0.2) is 28.9 Å². The molecule has 2 heterocycles.